The van der Waals surface area contributed by atoms with E-state index in [-0.39, 0.29) is 11.2 Å². The number of aryl methyl sites for hydroxylation is 1. The van der Waals surface area contributed by atoms with Crippen molar-refractivity contribution >= 4 is 34.1 Å². The first-order valence-electron chi connectivity index (χ1n) is 10.0. The van der Waals surface area contributed by atoms with E-state index in [1.807, 2.05) is 61.5 Å². The molecule has 0 aliphatic heterocycles. The van der Waals surface area contributed by atoms with Gasteiger partial charge in [-0.3, -0.25) is 4.79 Å². The van der Waals surface area contributed by atoms with Crippen molar-refractivity contribution in [1.29, 1.82) is 0 Å². The van der Waals surface area contributed by atoms with Crippen LogP contribution in [0.5, 0.6) is 0 Å². The van der Waals surface area contributed by atoms with E-state index in [2.05, 4.69) is 46.1 Å². The molecule has 0 bridgehead atoms. The minimum atomic E-state index is -0.316. The number of rotatable bonds is 6. The van der Waals surface area contributed by atoms with Crippen LogP contribution >= 0.6 is 11.8 Å². The first kappa shape index (κ1) is 20.2. The first-order chi connectivity index (χ1) is 14.6. The Hall–Kier alpha value is -3.12. The average Bonchev–Trinajstić information content (AvgIpc) is 3.16. The number of amides is 1. The summed E-state index contributed by atoms with van der Waals surface area (Å²) in [6.07, 6.45) is 0. The maximum atomic E-state index is 12.9. The second-order valence-corrected chi connectivity index (χ2v) is 8.45. The summed E-state index contributed by atoms with van der Waals surface area (Å²) in [5, 5.41) is 14.4. The lowest BCUT2D eigenvalue weighted by atomic mass is 10.1. The molecule has 152 valence electrons. The molecule has 0 aliphatic carbocycles. The van der Waals surface area contributed by atoms with Crippen molar-refractivity contribution in [3.05, 3.63) is 72.3 Å². The standard InChI is InChI=1S/C24H24N4OS/c1-4-28-22(19-13-7-5-10-16(19)2)26-27-24(28)30-17(3)23(29)25-21-15-9-12-18-11-6-8-14-20(18)21/h5-15,17H,4H2,1-3H3,(H,25,29)/t17-/m1/s1. The van der Waals surface area contributed by atoms with Crippen molar-refractivity contribution < 1.29 is 4.79 Å². The van der Waals surface area contributed by atoms with Crippen molar-refractivity contribution in [3.63, 3.8) is 0 Å². The SMILES string of the molecule is CCn1c(S[C@H](C)C(=O)Nc2cccc3ccccc23)nnc1-c1ccccc1C. The van der Waals surface area contributed by atoms with Crippen molar-refractivity contribution in [3.8, 4) is 11.4 Å². The first-order valence-corrected chi connectivity index (χ1v) is 10.9. The summed E-state index contributed by atoms with van der Waals surface area (Å²) in [5.41, 5.74) is 3.03. The van der Waals surface area contributed by atoms with E-state index in [0.717, 1.165) is 45.1 Å². The average molecular weight is 417 g/mol. The molecule has 1 amide bonds. The molecule has 4 rings (SSSR count). The van der Waals surface area contributed by atoms with Gasteiger partial charge in [-0.2, -0.15) is 0 Å². The van der Waals surface area contributed by atoms with Crippen LogP contribution in [-0.4, -0.2) is 25.9 Å². The van der Waals surface area contributed by atoms with Gasteiger partial charge in [0.2, 0.25) is 5.91 Å². The van der Waals surface area contributed by atoms with Crippen LogP contribution in [0.25, 0.3) is 22.2 Å². The van der Waals surface area contributed by atoms with E-state index in [4.69, 9.17) is 0 Å². The van der Waals surface area contributed by atoms with E-state index < -0.39 is 0 Å². The molecule has 6 heteroatoms. The van der Waals surface area contributed by atoms with Crippen LogP contribution in [0.1, 0.15) is 19.4 Å². The van der Waals surface area contributed by atoms with Crippen molar-refractivity contribution in [1.82, 2.24) is 14.8 Å². The van der Waals surface area contributed by atoms with Gasteiger partial charge in [0.25, 0.3) is 0 Å². The summed E-state index contributed by atoms with van der Waals surface area (Å²) in [7, 11) is 0. The number of hydrogen-bond donors (Lipinski definition) is 1. The molecule has 4 aromatic rings. The minimum Gasteiger partial charge on any atom is -0.325 e. The Labute approximate surface area is 180 Å². The number of benzene rings is 3. The molecule has 1 aromatic heterocycles. The lowest BCUT2D eigenvalue weighted by molar-refractivity contribution is -0.115. The molecule has 1 heterocycles. The van der Waals surface area contributed by atoms with E-state index in [0.29, 0.717) is 0 Å². The molecule has 5 nitrogen and oxygen atoms in total. The fourth-order valence-electron chi connectivity index (χ4n) is 3.46. The molecule has 0 aliphatic rings. The topological polar surface area (TPSA) is 59.8 Å². The van der Waals surface area contributed by atoms with Gasteiger partial charge in [-0.25, -0.2) is 0 Å². The highest BCUT2D eigenvalue weighted by atomic mass is 32.2. The van der Waals surface area contributed by atoms with Gasteiger partial charge in [-0.05, 0) is 37.8 Å². The highest BCUT2D eigenvalue weighted by Gasteiger charge is 2.21. The molecule has 3 aromatic carbocycles. The van der Waals surface area contributed by atoms with E-state index in [1.54, 1.807) is 0 Å². The Bertz CT molecular complexity index is 1200. The molecule has 0 saturated carbocycles. The number of anilines is 1. The summed E-state index contributed by atoms with van der Waals surface area (Å²) in [5.74, 6) is 0.777. The number of fused-ring (bicyclic) bond motifs is 1. The third kappa shape index (κ3) is 3.96. The molecular weight excluding hydrogens is 392 g/mol. The third-order valence-corrected chi connectivity index (χ3v) is 6.20. The van der Waals surface area contributed by atoms with E-state index in [1.165, 1.54) is 11.8 Å². The summed E-state index contributed by atoms with van der Waals surface area (Å²) in [6.45, 7) is 6.76. The Morgan fingerprint density at radius 1 is 1.03 bits per heavy atom. The Morgan fingerprint density at radius 3 is 2.57 bits per heavy atom. The van der Waals surface area contributed by atoms with Crippen LogP contribution in [-0.2, 0) is 11.3 Å². The second-order valence-electron chi connectivity index (χ2n) is 7.14. The van der Waals surface area contributed by atoms with Gasteiger partial charge < -0.3 is 9.88 Å². The van der Waals surface area contributed by atoms with Crippen molar-refractivity contribution in [2.75, 3.05) is 5.32 Å². The molecule has 0 radical (unpaired) electrons. The molecule has 1 atom stereocenters. The van der Waals surface area contributed by atoms with Crippen LogP contribution in [0, 0.1) is 6.92 Å². The predicted octanol–water partition coefficient (Wildman–Crippen LogP) is 5.55. The summed E-state index contributed by atoms with van der Waals surface area (Å²) in [6, 6.07) is 22.1. The van der Waals surface area contributed by atoms with Crippen molar-refractivity contribution in [2.24, 2.45) is 0 Å². The molecule has 0 fully saturated rings. The Balaban J connectivity index is 1.54. The zero-order valence-corrected chi connectivity index (χ0v) is 18.1. The Morgan fingerprint density at radius 2 is 1.77 bits per heavy atom. The van der Waals surface area contributed by atoms with E-state index >= 15 is 0 Å². The molecule has 1 N–H and O–H groups in total. The fourth-order valence-corrected chi connectivity index (χ4v) is 4.38. The quantitative estimate of drug-likeness (QED) is 0.419. The number of hydrogen-bond acceptors (Lipinski definition) is 4. The van der Waals surface area contributed by atoms with Gasteiger partial charge in [-0.15, -0.1) is 10.2 Å². The smallest absolute Gasteiger partial charge is 0.237 e. The van der Waals surface area contributed by atoms with Crippen LogP contribution in [0.4, 0.5) is 5.69 Å². The lowest BCUT2D eigenvalue weighted by Crippen LogP contribution is -2.23. The van der Waals surface area contributed by atoms with Crippen LogP contribution in [0.2, 0.25) is 0 Å². The second kappa shape index (κ2) is 8.71. The normalized spacial score (nSPS) is 12.1. The summed E-state index contributed by atoms with van der Waals surface area (Å²) in [4.78, 5) is 12.9. The minimum absolute atomic E-state index is 0.0561. The van der Waals surface area contributed by atoms with Gasteiger partial charge >= 0.3 is 0 Å². The largest absolute Gasteiger partial charge is 0.325 e. The van der Waals surface area contributed by atoms with Gasteiger partial charge in [0.15, 0.2) is 11.0 Å². The highest BCUT2D eigenvalue weighted by molar-refractivity contribution is 8.00. The number of aromatic nitrogens is 3. The summed E-state index contributed by atoms with van der Waals surface area (Å²) >= 11 is 1.43. The lowest BCUT2D eigenvalue weighted by Gasteiger charge is -2.14. The Kier molecular flexibility index (Phi) is 5.86. The highest BCUT2D eigenvalue weighted by Crippen LogP contribution is 2.29. The molecular formula is C24H24N4OS. The van der Waals surface area contributed by atoms with Crippen molar-refractivity contribution in [2.45, 2.75) is 37.7 Å². The molecule has 0 saturated heterocycles. The van der Waals surface area contributed by atoms with E-state index in [9.17, 15) is 4.79 Å². The van der Waals surface area contributed by atoms with Gasteiger partial charge in [-0.1, -0.05) is 72.4 Å². The fraction of sp³-hybridized carbons (Fsp3) is 0.208. The van der Waals surface area contributed by atoms with Gasteiger partial charge in [0, 0.05) is 23.2 Å². The van der Waals surface area contributed by atoms with Gasteiger partial charge in [0.1, 0.15) is 0 Å². The maximum absolute atomic E-state index is 12.9. The van der Waals surface area contributed by atoms with Crippen LogP contribution < -0.4 is 5.32 Å². The third-order valence-electron chi connectivity index (χ3n) is 5.12. The summed E-state index contributed by atoms with van der Waals surface area (Å²) < 4.78 is 2.06. The van der Waals surface area contributed by atoms with Gasteiger partial charge in [0.05, 0.1) is 5.25 Å². The molecule has 0 spiro atoms. The molecule has 0 unspecified atom stereocenters. The zero-order valence-electron chi connectivity index (χ0n) is 17.3. The monoisotopic (exact) mass is 416 g/mol. The zero-order chi connectivity index (χ0) is 21.1. The number of nitrogens with zero attached hydrogens (tertiary/aromatic N) is 3. The van der Waals surface area contributed by atoms with Crippen LogP contribution in [0.3, 0.4) is 0 Å². The number of thioether (sulfide) groups is 1. The number of carbonyl (C=O) groups excluding carboxylic acids is 1. The van der Waals surface area contributed by atoms with Crippen LogP contribution in [0.15, 0.2) is 71.9 Å². The number of carbonyl (C=O) groups is 1. The maximum Gasteiger partial charge on any atom is 0.237 e. The number of nitrogens with one attached hydrogen (secondary N) is 1. The molecule has 30 heavy (non-hydrogen) atoms. The predicted molar refractivity (Wildman–Crippen MR) is 124 cm³/mol.